The Morgan fingerprint density at radius 2 is 1.74 bits per heavy atom. The molecule has 3 aromatic rings. The Labute approximate surface area is 195 Å². The molecule has 0 bridgehead atoms. The van der Waals surface area contributed by atoms with Gasteiger partial charge >= 0.3 is 0 Å². The number of non-ortho nitro benzene ring substituents is 1. The van der Waals surface area contributed by atoms with Gasteiger partial charge in [0.2, 0.25) is 0 Å². The second-order valence-corrected chi connectivity index (χ2v) is 6.96. The number of nitrogens with zero attached hydrogens (tertiary/aromatic N) is 2. The zero-order valence-corrected chi connectivity index (χ0v) is 18.3. The predicted molar refractivity (Wildman–Crippen MR) is 125 cm³/mol. The number of benzene rings is 3. The number of nitro benzene ring substituents is 1. The van der Waals surface area contributed by atoms with Crippen LogP contribution in [0.15, 0.2) is 77.9 Å². The molecule has 10 heteroatoms. The molecule has 3 rings (SSSR count). The zero-order chi connectivity index (χ0) is 24.3. The topological polar surface area (TPSA) is 132 Å². The molecule has 0 aromatic heterocycles. The summed E-state index contributed by atoms with van der Waals surface area (Å²) in [6, 6.07) is 19.8. The summed E-state index contributed by atoms with van der Waals surface area (Å²) in [6.07, 6.45) is 1.46. The largest absolute Gasteiger partial charge is 0.496 e. The molecule has 0 saturated heterocycles. The first-order chi connectivity index (χ1) is 16.5. The molecule has 0 spiro atoms. The minimum absolute atomic E-state index is 0.0262. The van der Waals surface area contributed by atoms with E-state index in [0.717, 1.165) is 11.1 Å². The van der Waals surface area contributed by atoms with Crippen LogP contribution in [-0.4, -0.2) is 36.6 Å². The van der Waals surface area contributed by atoms with Crippen LogP contribution >= 0.6 is 0 Å². The molecule has 0 heterocycles. The zero-order valence-electron chi connectivity index (χ0n) is 18.3. The molecule has 0 unspecified atom stereocenters. The summed E-state index contributed by atoms with van der Waals surface area (Å²) in [5.74, 6) is 0.112. The number of nitrogens with one attached hydrogen (secondary N) is 2. The third kappa shape index (κ3) is 6.89. The fourth-order valence-electron chi connectivity index (χ4n) is 2.84. The molecule has 3 aromatic carbocycles. The molecule has 0 aliphatic carbocycles. The molecule has 2 amide bonds. The van der Waals surface area contributed by atoms with Crippen LogP contribution in [0.4, 0.5) is 5.69 Å². The van der Waals surface area contributed by atoms with Crippen molar-refractivity contribution in [2.24, 2.45) is 5.10 Å². The van der Waals surface area contributed by atoms with Crippen molar-refractivity contribution in [3.63, 3.8) is 0 Å². The van der Waals surface area contributed by atoms with Crippen molar-refractivity contribution in [1.82, 2.24) is 10.7 Å². The van der Waals surface area contributed by atoms with E-state index in [2.05, 4.69) is 15.8 Å². The lowest BCUT2D eigenvalue weighted by Gasteiger charge is -2.08. The highest BCUT2D eigenvalue weighted by Gasteiger charge is 2.12. The number of amides is 2. The van der Waals surface area contributed by atoms with E-state index in [-0.39, 0.29) is 18.8 Å². The molecule has 0 aliphatic rings. The first-order valence-corrected chi connectivity index (χ1v) is 10.2. The lowest BCUT2D eigenvalue weighted by Crippen LogP contribution is -2.35. The van der Waals surface area contributed by atoms with Crippen LogP contribution in [0.5, 0.6) is 11.5 Å². The van der Waals surface area contributed by atoms with Gasteiger partial charge in [0.1, 0.15) is 18.1 Å². The van der Waals surface area contributed by atoms with Gasteiger partial charge in [0, 0.05) is 12.1 Å². The summed E-state index contributed by atoms with van der Waals surface area (Å²) in [5.41, 5.74) is 4.23. The lowest BCUT2D eigenvalue weighted by molar-refractivity contribution is -0.384. The molecule has 10 nitrogen and oxygen atoms in total. The third-order valence-electron chi connectivity index (χ3n) is 4.60. The highest BCUT2D eigenvalue weighted by atomic mass is 16.6. The van der Waals surface area contributed by atoms with Gasteiger partial charge in [-0.05, 0) is 59.7 Å². The van der Waals surface area contributed by atoms with Crippen LogP contribution in [-0.2, 0) is 11.4 Å². The summed E-state index contributed by atoms with van der Waals surface area (Å²) >= 11 is 0. The maximum Gasteiger partial charge on any atom is 0.269 e. The van der Waals surface area contributed by atoms with Gasteiger partial charge in [-0.1, -0.05) is 12.1 Å². The average molecular weight is 462 g/mol. The molecule has 0 fully saturated rings. The lowest BCUT2D eigenvalue weighted by atomic mass is 10.2. The van der Waals surface area contributed by atoms with Gasteiger partial charge in [-0.3, -0.25) is 19.7 Å². The van der Waals surface area contributed by atoms with Crippen LogP contribution in [0.3, 0.4) is 0 Å². The number of hydrazone groups is 1. The van der Waals surface area contributed by atoms with Crippen molar-refractivity contribution < 1.29 is 24.0 Å². The molecule has 2 N–H and O–H groups in total. The summed E-state index contributed by atoms with van der Waals surface area (Å²) in [4.78, 5) is 34.4. The van der Waals surface area contributed by atoms with Crippen LogP contribution in [0.25, 0.3) is 0 Å². The van der Waals surface area contributed by atoms with Crippen LogP contribution in [0, 0.1) is 10.1 Å². The van der Waals surface area contributed by atoms with Crippen molar-refractivity contribution in [2.45, 2.75) is 6.61 Å². The number of nitro groups is 1. The van der Waals surface area contributed by atoms with Crippen molar-refractivity contribution >= 4 is 23.7 Å². The van der Waals surface area contributed by atoms with Gasteiger partial charge in [0.15, 0.2) is 0 Å². The third-order valence-corrected chi connectivity index (χ3v) is 4.60. The van der Waals surface area contributed by atoms with Gasteiger partial charge in [0.25, 0.3) is 17.5 Å². The predicted octanol–water partition coefficient (Wildman–Crippen LogP) is 3.06. The Bertz CT molecular complexity index is 1180. The van der Waals surface area contributed by atoms with E-state index in [1.807, 2.05) is 0 Å². The summed E-state index contributed by atoms with van der Waals surface area (Å²) in [6.45, 7) is 0.0196. The molecule has 174 valence electrons. The molecular weight excluding hydrogens is 440 g/mol. The Morgan fingerprint density at radius 1 is 1.03 bits per heavy atom. The fraction of sp³-hybridized carbons (Fsp3) is 0.125. The number of para-hydroxylation sites is 1. The number of carbonyl (C=O) groups is 2. The maximum absolute atomic E-state index is 12.2. The normalized spacial score (nSPS) is 10.5. The van der Waals surface area contributed by atoms with E-state index in [1.165, 1.54) is 25.5 Å². The summed E-state index contributed by atoms with van der Waals surface area (Å²) in [7, 11) is 1.46. The number of ether oxygens (including phenoxy) is 2. The van der Waals surface area contributed by atoms with Crippen LogP contribution in [0.1, 0.15) is 21.5 Å². The van der Waals surface area contributed by atoms with E-state index < -0.39 is 16.7 Å². The Hall–Kier alpha value is -4.73. The molecule has 0 atom stereocenters. The van der Waals surface area contributed by atoms with E-state index >= 15 is 0 Å². The SMILES string of the molecule is COc1ccccc1C(=O)NCC(=O)NN=Cc1ccc(OCc2ccc([N+](=O)[O-])cc2)cc1. The van der Waals surface area contributed by atoms with E-state index in [1.54, 1.807) is 60.7 Å². The van der Waals surface area contributed by atoms with Crippen molar-refractivity contribution in [3.05, 3.63) is 99.6 Å². The minimum Gasteiger partial charge on any atom is -0.496 e. The first-order valence-electron chi connectivity index (χ1n) is 10.2. The van der Waals surface area contributed by atoms with Gasteiger partial charge in [0.05, 0.1) is 30.4 Å². The van der Waals surface area contributed by atoms with E-state index in [0.29, 0.717) is 17.1 Å². The van der Waals surface area contributed by atoms with Gasteiger partial charge in [-0.2, -0.15) is 5.10 Å². The monoisotopic (exact) mass is 462 g/mol. The molecule has 0 aliphatic heterocycles. The molecule has 0 saturated carbocycles. The van der Waals surface area contributed by atoms with E-state index in [9.17, 15) is 19.7 Å². The number of rotatable bonds is 10. The maximum atomic E-state index is 12.2. The quantitative estimate of drug-likeness (QED) is 0.270. The molecule has 34 heavy (non-hydrogen) atoms. The van der Waals surface area contributed by atoms with Crippen molar-refractivity contribution in [3.8, 4) is 11.5 Å². The molecular formula is C24H22N4O6. The van der Waals surface area contributed by atoms with Gasteiger partial charge in [-0.15, -0.1) is 0 Å². The number of hydrogen-bond acceptors (Lipinski definition) is 7. The minimum atomic E-state index is -0.484. The van der Waals surface area contributed by atoms with Crippen LogP contribution in [0.2, 0.25) is 0 Å². The average Bonchev–Trinajstić information content (AvgIpc) is 2.87. The van der Waals surface area contributed by atoms with Crippen LogP contribution < -0.4 is 20.2 Å². The highest BCUT2D eigenvalue weighted by Crippen LogP contribution is 2.17. The number of hydrogen-bond donors (Lipinski definition) is 2. The summed E-state index contributed by atoms with van der Waals surface area (Å²) in [5, 5.41) is 17.1. The summed E-state index contributed by atoms with van der Waals surface area (Å²) < 4.78 is 10.8. The Kier molecular flexibility index (Phi) is 8.28. The second kappa shape index (κ2) is 11.8. The number of methoxy groups -OCH3 is 1. The Balaban J connectivity index is 1.42. The first kappa shape index (κ1) is 23.9. The Morgan fingerprint density at radius 3 is 2.41 bits per heavy atom. The van der Waals surface area contributed by atoms with Gasteiger partial charge in [-0.25, -0.2) is 5.43 Å². The smallest absolute Gasteiger partial charge is 0.269 e. The molecule has 0 radical (unpaired) electrons. The van der Waals surface area contributed by atoms with Gasteiger partial charge < -0.3 is 14.8 Å². The second-order valence-electron chi connectivity index (χ2n) is 6.96. The fourth-order valence-corrected chi connectivity index (χ4v) is 2.84. The van der Waals surface area contributed by atoms with E-state index in [4.69, 9.17) is 9.47 Å². The standard InChI is InChI=1S/C24H22N4O6/c1-33-22-5-3-2-4-21(22)24(30)25-15-23(29)27-26-14-17-8-12-20(13-9-17)34-16-18-6-10-19(11-7-18)28(31)32/h2-14H,15-16H2,1H3,(H,25,30)(H,27,29). The van der Waals surface area contributed by atoms with Crippen molar-refractivity contribution in [1.29, 1.82) is 0 Å². The van der Waals surface area contributed by atoms with Crippen molar-refractivity contribution in [2.75, 3.05) is 13.7 Å². The highest BCUT2D eigenvalue weighted by molar-refractivity contribution is 5.98. The number of carbonyl (C=O) groups excluding carboxylic acids is 2.